The Morgan fingerprint density at radius 3 is 2.39 bits per heavy atom. The monoisotopic (exact) mass is 279 g/mol. The van der Waals surface area contributed by atoms with E-state index in [1.54, 1.807) is 11.0 Å². The van der Waals surface area contributed by atoms with Crippen molar-refractivity contribution in [1.29, 1.82) is 0 Å². The summed E-state index contributed by atoms with van der Waals surface area (Å²) >= 11 is 5.67. The van der Waals surface area contributed by atoms with Crippen molar-refractivity contribution < 1.29 is 13.2 Å². The lowest BCUT2D eigenvalue weighted by Crippen LogP contribution is -2.29. The average molecular weight is 280 g/mol. The van der Waals surface area contributed by atoms with E-state index >= 15 is 0 Å². The zero-order chi connectivity index (χ0) is 13.6. The highest BCUT2D eigenvalue weighted by atomic mass is 35.5. The van der Waals surface area contributed by atoms with Gasteiger partial charge in [-0.05, 0) is 18.6 Å². The standard InChI is InChI=1S/C13H17ClF3N/c1-2-3-9-18(10-8-14)12-7-5-4-6-11(12)13(15,16)17/h4-7H,2-3,8-10H2,1H3. The molecule has 0 bridgehead atoms. The van der Waals surface area contributed by atoms with Gasteiger partial charge in [0.1, 0.15) is 0 Å². The van der Waals surface area contributed by atoms with Crippen molar-refractivity contribution in [3.8, 4) is 0 Å². The van der Waals surface area contributed by atoms with Crippen molar-refractivity contribution in [1.82, 2.24) is 0 Å². The number of hydrogen-bond donors (Lipinski definition) is 0. The lowest BCUT2D eigenvalue weighted by atomic mass is 10.1. The van der Waals surface area contributed by atoms with Gasteiger partial charge in [-0.2, -0.15) is 13.2 Å². The second-order valence-electron chi connectivity index (χ2n) is 4.04. The Morgan fingerprint density at radius 2 is 1.83 bits per heavy atom. The molecular formula is C13H17ClF3N. The van der Waals surface area contributed by atoms with Crippen LogP contribution in [0.15, 0.2) is 24.3 Å². The van der Waals surface area contributed by atoms with Crippen molar-refractivity contribution in [2.24, 2.45) is 0 Å². The Morgan fingerprint density at radius 1 is 1.17 bits per heavy atom. The molecule has 102 valence electrons. The molecule has 18 heavy (non-hydrogen) atoms. The lowest BCUT2D eigenvalue weighted by Gasteiger charge is -2.27. The number of benzene rings is 1. The maximum Gasteiger partial charge on any atom is 0.418 e. The number of rotatable bonds is 6. The third kappa shape index (κ3) is 4.09. The maximum absolute atomic E-state index is 12.9. The van der Waals surface area contributed by atoms with Gasteiger partial charge < -0.3 is 4.90 Å². The van der Waals surface area contributed by atoms with Crippen molar-refractivity contribution in [2.75, 3.05) is 23.9 Å². The number of para-hydroxylation sites is 1. The molecule has 1 aromatic carbocycles. The third-order valence-electron chi connectivity index (χ3n) is 2.69. The van der Waals surface area contributed by atoms with E-state index in [1.807, 2.05) is 6.92 Å². The minimum Gasteiger partial charge on any atom is -0.370 e. The van der Waals surface area contributed by atoms with E-state index in [0.29, 0.717) is 19.0 Å². The molecule has 0 aromatic heterocycles. The molecule has 0 atom stereocenters. The molecule has 1 aromatic rings. The number of halogens is 4. The van der Waals surface area contributed by atoms with Gasteiger partial charge in [-0.25, -0.2) is 0 Å². The number of alkyl halides is 4. The summed E-state index contributed by atoms with van der Waals surface area (Å²) in [5, 5.41) is 0. The topological polar surface area (TPSA) is 3.24 Å². The van der Waals surface area contributed by atoms with E-state index in [1.165, 1.54) is 12.1 Å². The zero-order valence-electron chi connectivity index (χ0n) is 10.3. The van der Waals surface area contributed by atoms with Gasteiger partial charge in [0.15, 0.2) is 0 Å². The van der Waals surface area contributed by atoms with Crippen LogP contribution in [0.5, 0.6) is 0 Å². The molecule has 0 spiro atoms. The SMILES string of the molecule is CCCCN(CCCl)c1ccccc1C(F)(F)F. The highest BCUT2D eigenvalue weighted by molar-refractivity contribution is 6.18. The Bertz CT molecular complexity index is 365. The van der Waals surface area contributed by atoms with Crippen LogP contribution in [0.25, 0.3) is 0 Å². The summed E-state index contributed by atoms with van der Waals surface area (Å²) in [5.74, 6) is 0.315. The van der Waals surface area contributed by atoms with Crippen molar-refractivity contribution in [3.05, 3.63) is 29.8 Å². The molecule has 1 rings (SSSR count). The number of hydrogen-bond acceptors (Lipinski definition) is 1. The Kier molecular flexibility index (Phi) is 5.79. The zero-order valence-corrected chi connectivity index (χ0v) is 11.1. The molecule has 0 heterocycles. The van der Waals surface area contributed by atoms with E-state index in [2.05, 4.69) is 0 Å². The molecule has 0 aliphatic rings. The molecule has 0 saturated carbocycles. The largest absolute Gasteiger partial charge is 0.418 e. The number of nitrogens with zero attached hydrogens (tertiary/aromatic N) is 1. The number of unbranched alkanes of at least 4 members (excludes halogenated alkanes) is 1. The smallest absolute Gasteiger partial charge is 0.370 e. The van der Waals surface area contributed by atoms with Gasteiger partial charge in [0, 0.05) is 24.7 Å². The molecule has 1 nitrogen and oxygen atoms in total. The minimum absolute atomic E-state index is 0.221. The van der Waals surface area contributed by atoms with Crippen LogP contribution in [0.1, 0.15) is 25.3 Å². The highest BCUT2D eigenvalue weighted by Gasteiger charge is 2.34. The van der Waals surface area contributed by atoms with Crippen molar-refractivity contribution in [3.63, 3.8) is 0 Å². The second-order valence-corrected chi connectivity index (χ2v) is 4.42. The lowest BCUT2D eigenvalue weighted by molar-refractivity contribution is -0.137. The van der Waals surface area contributed by atoms with E-state index in [-0.39, 0.29) is 5.69 Å². The van der Waals surface area contributed by atoms with Gasteiger partial charge in [-0.1, -0.05) is 25.5 Å². The van der Waals surface area contributed by atoms with Gasteiger partial charge in [0.25, 0.3) is 0 Å². The fraction of sp³-hybridized carbons (Fsp3) is 0.538. The highest BCUT2D eigenvalue weighted by Crippen LogP contribution is 2.36. The van der Waals surface area contributed by atoms with Crippen molar-refractivity contribution in [2.45, 2.75) is 25.9 Å². The summed E-state index contributed by atoms with van der Waals surface area (Å²) in [7, 11) is 0. The van der Waals surface area contributed by atoms with Gasteiger partial charge in [-0.3, -0.25) is 0 Å². The van der Waals surface area contributed by atoms with Crippen LogP contribution >= 0.6 is 11.6 Å². The predicted octanol–water partition coefficient (Wildman–Crippen LogP) is 4.55. The molecule has 0 unspecified atom stereocenters. The first-order chi connectivity index (χ1) is 8.50. The van der Waals surface area contributed by atoms with Crippen LogP contribution in [0.3, 0.4) is 0 Å². The van der Waals surface area contributed by atoms with Crippen LogP contribution in [0, 0.1) is 0 Å². The summed E-state index contributed by atoms with van der Waals surface area (Å²) in [4.78, 5) is 1.71. The van der Waals surface area contributed by atoms with E-state index in [4.69, 9.17) is 11.6 Å². The quantitative estimate of drug-likeness (QED) is 0.691. The van der Waals surface area contributed by atoms with Crippen molar-refractivity contribution >= 4 is 17.3 Å². The summed E-state index contributed by atoms with van der Waals surface area (Å²) < 4.78 is 38.7. The van der Waals surface area contributed by atoms with E-state index < -0.39 is 11.7 Å². The molecule has 0 fully saturated rings. The molecule has 5 heteroatoms. The first-order valence-corrected chi connectivity index (χ1v) is 6.51. The van der Waals surface area contributed by atoms with E-state index in [0.717, 1.165) is 18.9 Å². The van der Waals surface area contributed by atoms with Gasteiger partial charge in [0.2, 0.25) is 0 Å². The molecule has 0 amide bonds. The fourth-order valence-electron chi connectivity index (χ4n) is 1.79. The molecular weight excluding hydrogens is 263 g/mol. The van der Waals surface area contributed by atoms with Gasteiger partial charge >= 0.3 is 6.18 Å². The van der Waals surface area contributed by atoms with Crippen LogP contribution in [-0.4, -0.2) is 19.0 Å². The number of anilines is 1. The fourth-order valence-corrected chi connectivity index (χ4v) is 2.00. The molecule has 0 N–H and O–H groups in total. The summed E-state index contributed by atoms with van der Waals surface area (Å²) in [5.41, 5.74) is -0.370. The van der Waals surface area contributed by atoms with Crippen LogP contribution < -0.4 is 4.90 Å². The summed E-state index contributed by atoms with van der Waals surface area (Å²) in [6, 6.07) is 5.65. The second kappa shape index (κ2) is 6.88. The Labute approximate surface area is 111 Å². The summed E-state index contributed by atoms with van der Waals surface area (Å²) in [6.07, 6.45) is -2.54. The minimum atomic E-state index is -4.33. The maximum atomic E-state index is 12.9. The Hall–Kier alpha value is -0.900. The molecule has 0 aliphatic heterocycles. The first kappa shape index (κ1) is 15.2. The van der Waals surface area contributed by atoms with E-state index in [9.17, 15) is 13.2 Å². The van der Waals surface area contributed by atoms with Crippen LogP contribution in [-0.2, 0) is 6.18 Å². The third-order valence-corrected chi connectivity index (χ3v) is 2.86. The normalized spacial score (nSPS) is 11.6. The van der Waals surface area contributed by atoms with Crippen LogP contribution in [0.4, 0.5) is 18.9 Å². The molecule has 0 radical (unpaired) electrons. The van der Waals surface area contributed by atoms with Gasteiger partial charge in [-0.15, -0.1) is 11.6 Å². The summed E-state index contributed by atoms with van der Waals surface area (Å²) in [6.45, 7) is 3.03. The molecule has 0 saturated heterocycles. The first-order valence-electron chi connectivity index (χ1n) is 5.97. The van der Waals surface area contributed by atoms with Gasteiger partial charge in [0.05, 0.1) is 5.56 Å². The van der Waals surface area contributed by atoms with Crippen LogP contribution in [0.2, 0.25) is 0 Å². The Balaban J connectivity index is 3.03. The predicted molar refractivity (Wildman–Crippen MR) is 69.3 cm³/mol. The average Bonchev–Trinajstić information content (AvgIpc) is 2.33. The molecule has 0 aliphatic carbocycles.